The molecule has 8 nitrogen and oxygen atoms in total. The predicted molar refractivity (Wildman–Crippen MR) is 112 cm³/mol. The van der Waals surface area contributed by atoms with Gasteiger partial charge in [-0.2, -0.15) is 0 Å². The van der Waals surface area contributed by atoms with E-state index in [1.54, 1.807) is 12.1 Å². The fourth-order valence-corrected chi connectivity index (χ4v) is 4.75. The second-order valence-corrected chi connectivity index (χ2v) is 8.78. The quantitative estimate of drug-likeness (QED) is 0.627. The van der Waals surface area contributed by atoms with Gasteiger partial charge in [0.05, 0.1) is 11.4 Å². The highest BCUT2D eigenvalue weighted by Gasteiger charge is 2.40. The molecule has 1 atom stereocenters. The Kier molecular flexibility index (Phi) is 5.48. The molecule has 4 rings (SSSR count). The Morgan fingerprint density at radius 1 is 1.30 bits per heavy atom. The normalized spacial score (nSPS) is 18.3. The predicted octanol–water partition coefficient (Wildman–Crippen LogP) is 2.79. The summed E-state index contributed by atoms with van der Waals surface area (Å²) in [7, 11) is 0. The number of urea groups is 1. The number of anilines is 1. The molecule has 0 saturated carbocycles. The Morgan fingerprint density at radius 3 is 2.80 bits per heavy atom. The first-order valence-corrected chi connectivity index (χ1v) is 10.6. The molecule has 5 amide bonds. The number of aryl methyl sites for hydroxylation is 1. The average molecular weight is 447 g/mol. The summed E-state index contributed by atoms with van der Waals surface area (Å²) in [4.78, 5) is 51.2. The lowest BCUT2D eigenvalue weighted by atomic mass is 10.0. The van der Waals surface area contributed by atoms with Crippen LogP contribution in [0.1, 0.15) is 38.5 Å². The summed E-state index contributed by atoms with van der Waals surface area (Å²) in [5.74, 6) is -0.948. The Balaban J connectivity index is 1.34. The minimum Gasteiger partial charge on any atom is -0.333 e. The summed E-state index contributed by atoms with van der Waals surface area (Å²) in [6.45, 7) is 2.48. The largest absolute Gasteiger partial charge is 0.333 e. The summed E-state index contributed by atoms with van der Waals surface area (Å²) < 4.78 is 0. The van der Waals surface area contributed by atoms with Gasteiger partial charge in [-0.15, -0.1) is 11.3 Å². The third-order valence-electron chi connectivity index (χ3n) is 5.10. The second-order valence-electron chi connectivity index (χ2n) is 7.24. The van der Waals surface area contributed by atoms with Crippen LogP contribution < -0.4 is 16.0 Å². The van der Waals surface area contributed by atoms with Gasteiger partial charge in [-0.25, -0.2) is 4.79 Å². The van der Waals surface area contributed by atoms with Crippen LogP contribution in [0.25, 0.3) is 0 Å². The molecule has 30 heavy (non-hydrogen) atoms. The number of hydrogen-bond acceptors (Lipinski definition) is 5. The lowest BCUT2D eigenvalue weighted by Gasteiger charge is -2.29. The molecule has 2 aliphatic rings. The van der Waals surface area contributed by atoms with Gasteiger partial charge in [-0.3, -0.25) is 19.7 Å². The van der Waals surface area contributed by atoms with Gasteiger partial charge in [0, 0.05) is 28.6 Å². The fourth-order valence-electron chi connectivity index (χ4n) is 3.50. The number of hydrogen-bond donors (Lipinski definition) is 3. The van der Waals surface area contributed by atoms with Crippen molar-refractivity contribution in [1.82, 2.24) is 15.5 Å². The summed E-state index contributed by atoms with van der Waals surface area (Å²) in [6, 6.07) is 6.14. The Labute approximate surface area is 181 Å². The Bertz CT molecular complexity index is 1070. The van der Waals surface area contributed by atoms with Crippen molar-refractivity contribution in [1.29, 1.82) is 0 Å². The number of benzene rings is 1. The first kappa shape index (κ1) is 20.4. The van der Waals surface area contributed by atoms with E-state index in [1.165, 1.54) is 16.2 Å². The molecule has 1 aromatic heterocycles. The van der Waals surface area contributed by atoms with Crippen molar-refractivity contribution in [2.75, 3.05) is 5.32 Å². The summed E-state index contributed by atoms with van der Waals surface area (Å²) >= 11 is 7.36. The zero-order valence-electron chi connectivity index (χ0n) is 16.1. The van der Waals surface area contributed by atoms with Gasteiger partial charge >= 0.3 is 6.03 Å². The molecule has 1 saturated heterocycles. The van der Waals surface area contributed by atoms with Crippen LogP contribution in [-0.4, -0.2) is 34.7 Å². The molecule has 156 valence electrons. The number of imide groups is 1. The van der Waals surface area contributed by atoms with Crippen LogP contribution in [0.4, 0.5) is 10.5 Å². The van der Waals surface area contributed by atoms with Crippen molar-refractivity contribution >= 4 is 52.4 Å². The molecule has 3 N–H and O–H groups in total. The Morgan fingerprint density at radius 2 is 2.10 bits per heavy atom. The number of fused-ring (bicyclic) bond motifs is 1. The van der Waals surface area contributed by atoms with Crippen LogP contribution in [0.2, 0.25) is 5.02 Å². The van der Waals surface area contributed by atoms with Crippen molar-refractivity contribution in [3.8, 4) is 0 Å². The van der Waals surface area contributed by atoms with Gasteiger partial charge in [-0.1, -0.05) is 17.7 Å². The molecule has 0 radical (unpaired) electrons. The van der Waals surface area contributed by atoms with Crippen LogP contribution in [0.3, 0.4) is 0 Å². The highest BCUT2D eigenvalue weighted by atomic mass is 35.5. The second kappa shape index (κ2) is 8.08. The third kappa shape index (κ3) is 4.03. The molecule has 0 aliphatic carbocycles. The topological polar surface area (TPSA) is 108 Å². The van der Waals surface area contributed by atoms with Crippen molar-refractivity contribution in [3.05, 3.63) is 50.2 Å². The lowest BCUT2D eigenvalue weighted by molar-refractivity contribution is -0.136. The Hall–Kier alpha value is -2.91. The average Bonchev–Trinajstić information content (AvgIpc) is 3.22. The highest BCUT2D eigenvalue weighted by Crippen LogP contribution is 2.33. The fraction of sp³-hybridized carbons (Fsp3) is 0.300. The van der Waals surface area contributed by atoms with Crippen molar-refractivity contribution < 1.29 is 19.2 Å². The van der Waals surface area contributed by atoms with E-state index in [0.29, 0.717) is 28.6 Å². The van der Waals surface area contributed by atoms with Crippen molar-refractivity contribution in [3.63, 3.8) is 0 Å². The molecule has 2 aliphatic heterocycles. The number of nitrogens with one attached hydrogen (secondary N) is 3. The maximum absolute atomic E-state index is 12.7. The minimum absolute atomic E-state index is 0.213. The van der Waals surface area contributed by atoms with Crippen molar-refractivity contribution in [2.24, 2.45) is 0 Å². The number of thiophene rings is 1. The summed E-state index contributed by atoms with van der Waals surface area (Å²) in [5, 5.41) is 8.34. The van der Waals surface area contributed by atoms with Gasteiger partial charge < -0.3 is 15.5 Å². The maximum atomic E-state index is 12.7. The van der Waals surface area contributed by atoms with E-state index in [0.717, 1.165) is 16.0 Å². The molecule has 0 spiro atoms. The zero-order chi connectivity index (χ0) is 21.4. The highest BCUT2D eigenvalue weighted by molar-refractivity contribution is 7.14. The van der Waals surface area contributed by atoms with Crippen LogP contribution in [0.5, 0.6) is 0 Å². The number of carbonyl (C=O) groups is 4. The molecule has 1 fully saturated rings. The van der Waals surface area contributed by atoms with Crippen LogP contribution in [-0.2, 0) is 22.7 Å². The molecule has 3 heterocycles. The number of piperidine rings is 1. The minimum atomic E-state index is -0.622. The van der Waals surface area contributed by atoms with E-state index < -0.39 is 11.9 Å². The van der Waals surface area contributed by atoms with Gasteiger partial charge in [0.2, 0.25) is 11.8 Å². The molecule has 2 aromatic rings. The summed E-state index contributed by atoms with van der Waals surface area (Å²) in [5.41, 5.74) is 2.34. The number of nitrogens with zero attached hydrogens (tertiary/aromatic N) is 1. The number of halogens is 1. The monoisotopic (exact) mass is 446 g/mol. The molecule has 1 aromatic carbocycles. The van der Waals surface area contributed by atoms with Crippen LogP contribution >= 0.6 is 22.9 Å². The van der Waals surface area contributed by atoms with Gasteiger partial charge in [0.1, 0.15) is 6.04 Å². The standard InChI is InChI=1S/C20H19ClN4O4S/c1-10-2-3-12(7-14(10)21)23-20(29)22-8-13-6-11-9-25(19(28)17(11)30-13)15-4-5-16(26)24-18(15)27/h2-3,6-7,15H,4-5,8-9H2,1H3,(H2,22,23,29)(H,24,26,27)/t15-/m1/s1. The maximum Gasteiger partial charge on any atom is 0.319 e. The van der Waals surface area contributed by atoms with E-state index in [9.17, 15) is 19.2 Å². The molecular formula is C20H19ClN4O4S. The number of rotatable bonds is 4. The van der Waals surface area contributed by atoms with Gasteiger partial charge in [0.15, 0.2) is 0 Å². The van der Waals surface area contributed by atoms with Gasteiger partial charge in [-0.05, 0) is 42.7 Å². The lowest BCUT2D eigenvalue weighted by Crippen LogP contribution is -2.52. The smallest absolute Gasteiger partial charge is 0.319 e. The van der Waals surface area contributed by atoms with Crippen LogP contribution in [0, 0.1) is 6.92 Å². The SMILES string of the molecule is Cc1ccc(NC(=O)NCc2cc3c(s2)C(=O)N([C@@H]2CCC(=O)NC2=O)C3)cc1Cl. The molecule has 0 unspecified atom stereocenters. The third-order valence-corrected chi connectivity index (χ3v) is 6.67. The van der Waals surface area contributed by atoms with E-state index in [2.05, 4.69) is 16.0 Å². The first-order valence-electron chi connectivity index (χ1n) is 9.39. The molecule has 10 heteroatoms. The number of carbonyl (C=O) groups excluding carboxylic acids is 4. The van der Waals surface area contributed by atoms with Crippen molar-refractivity contribution in [2.45, 2.75) is 38.9 Å². The van der Waals surface area contributed by atoms with E-state index in [4.69, 9.17) is 11.6 Å². The molecule has 0 bridgehead atoms. The molecular weight excluding hydrogens is 428 g/mol. The number of amides is 5. The first-order chi connectivity index (χ1) is 14.3. The van der Waals surface area contributed by atoms with E-state index in [-0.39, 0.29) is 30.8 Å². The van der Waals surface area contributed by atoms with E-state index in [1.807, 2.05) is 19.1 Å². The van der Waals surface area contributed by atoms with E-state index >= 15 is 0 Å². The van der Waals surface area contributed by atoms with Crippen LogP contribution in [0.15, 0.2) is 24.3 Å². The van der Waals surface area contributed by atoms with Gasteiger partial charge in [0.25, 0.3) is 5.91 Å². The summed E-state index contributed by atoms with van der Waals surface area (Å²) in [6.07, 6.45) is 0.563. The zero-order valence-corrected chi connectivity index (χ0v) is 17.7.